The average molecular weight is 383 g/mol. The van der Waals surface area contributed by atoms with Crippen LogP contribution in [0.25, 0.3) is 11.3 Å². The molecule has 6 heteroatoms. The van der Waals surface area contributed by atoms with Gasteiger partial charge in [-0.15, -0.1) is 10.2 Å². The van der Waals surface area contributed by atoms with Crippen LogP contribution in [0.4, 0.5) is 5.82 Å². The lowest BCUT2D eigenvalue weighted by Crippen LogP contribution is -2.26. The van der Waals surface area contributed by atoms with Crippen molar-refractivity contribution in [1.29, 1.82) is 0 Å². The summed E-state index contributed by atoms with van der Waals surface area (Å²) in [5, 5.41) is 27.5. The summed E-state index contributed by atoms with van der Waals surface area (Å²) in [6, 6.07) is 5.56. The number of benzene rings is 1. The number of phenolic OH excluding ortho intramolecular Hbond substituents is 1. The highest BCUT2D eigenvalue weighted by Gasteiger charge is 2.50. The first kappa shape index (κ1) is 19.2. The van der Waals surface area contributed by atoms with Crippen molar-refractivity contribution in [3.63, 3.8) is 0 Å². The molecule has 1 aromatic heterocycles. The van der Waals surface area contributed by atoms with Gasteiger partial charge in [-0.3, -0.25) is 0 Å². The minimum Gasteiger partial charge on any atom is -0.507 e. The molecule has 2 aromatic rings. The zero-order valence-electron chi connectivity index (χ0n) is 16.4. The molecule has 150 valence electrons. The van der Waals surface area contributed by atoms with E-state index in [1.807, 2.05) is 19.1 Å². The first-order valence-corrected chi connectivity index (χ1v) is 10.2. The second-order valence-corrected chi connectivity index (χ2v) is 8.37. The minimum atomic E-state index is 0.0304. The van der Waals surface area contributed by atoms with E-state index in [1.54, 1.807) is 6.07 Å². The third-order valence-electron chi connectivity index (χ3n) is 6.09. The van der Waals surface area contributed by atoms with Gasteiger partial charge in [0.25, 0.3) is 0 Å². The van der Waals surface area contributed by atoms with Crippen LogP contribution in [-0.2, 0) is 16.8 Å². The molecule has 1 spiro atoms. The number of anilines is 1. The van der Waals surface area contributed by atoms with Crippen LogP contribution in [0.1, 0.15) is 61.6 Å². The summed E-state index contributed by atoms with van der Waals surface area (Å²) < 4.78 is 5.75. The van der Waals surface area contributed by atoms with Gasteiger partial charge in [-0.1, -0.05) is 25.3 Å². The molecule has 1 aromatic carbocycles. The van der Waals surface area contributed by atoms with Gasteiger partial charge >= 0.3 is 0 Å². The SMILES string of the molecule is Cc1ccc(-c2nnc(N)c3c2COCC32CC2)c(O)c1.OC1CCCCC1. The van der Waals surface area contributed by atoms with Gasteiger partial charge in [-0.25, -0.2) is 0 Å². The Bertz CT molecular complexity index is 858. The summed E-state index contributed by atoms with van der Waals surface area (Å²) in [6.07, 6.45) is 8.08. The Morgan fingerprint density at radius 3 is 2.50 bits per heavy atom. The minimum absolute atomic E-state index is 0.0304. The van der Waals surface area contributed by atoms with Crippen LogP contribution in [0.5, 0.6) is 5.75 Å². The van der Waals surface area contributed by atoms with Crippen molar-refractivity contribution in [2.45, 2.75) is 70.0 Å². The summed E-state index contributed by atoms with van der Waals surface area (Å²) in [6.45, 7) is 3.12. The third-order valence-corrected chi connectivity index (χ3v) is 6.09. The van der Waals surface area contributed by atoms with E-state index in [1.165, 1.54) is 19.3 Å². The van der Waals surface area contributed by atoms with E-state index in [9.17, 15) is 5.11 Å². The maximum atomic E-state index is 10.2. The molecule has 2 fully saturated rings. The molecule has 1 aliphatic heterocycles. The number of hydrogen-bond donors (Lipinski definition) is 3. The monoisotopic (exact) mass is 383 g/mol. The second-order valence-electron chi connectivity index (χ2n) is 8.37. The van der Waals surface area contributed by atoms with Crippen LogP contribution >= 0.6 is 0 Å². The third kappa shape index (κ3) is 3.71. The first-order valence-electron chi connectivity index (χ1n) is 10.2. The molecule has 2 saturated carbocycles. The molecule has 0 radical (unpaired) electrons. The van der Waals surface area contributed by atoms with Crippen LogP contribution in [0.15, 0.2) is 18.2 Å². The van der Waals surface area contributed by atoms with Crippen molar-refractivity contribution in [2.24, 2.45) is 0 Å². The Kier molecular flexibility index (Phi) is 5.25. The largest absolute Gasteiger partial charge is 0.507 e. The van der Waals surface area contributed by atoms with E-state index in [0.717, 1.165) is 42.4 Å². The fourth-order valence-corrected chi connectivity index (χ4v) is 4.32. The number of hydrogen-bond acceptors (Lipinski definition) is 6. The molecule has 4 N–H and O–H groups in total. The van der Waals surface area contributed by atoms with Gasteiger partial charge in [0.1, 0.15) is 17.3 Å². The molecule has 0 atom stereocenters. The quantitative estimate of drug-likeness (QED) is 0.695. The number of nitrogens with two attached hydrogens (primary N) is 1. The lowest BCUT2D eigenvalue weighted by molar-refractivity contribution is 0.0840. The number of nitrogen functional groups attached to an aromatic ring is 1. The number of aliphatic hydroxyl groups is 1. The number of ether oxygens (including phenoxy) is 1. The van der Waals surface area contributed by atoms with Gasteiger partial charge in [0, 0.05) is 22.1 Å². The van der Waals surface area contributed by atoms with Crippen molar-refractivity contribution in [2.75, 3.05) is 12.3 Å². The van der Waals surface area contributed by atoms with Gasteiger partial charge in [-0.05, 0) is 50.3 Å². The van der Waals surface area contributed by atoms with E-state index in [0.29, 0.717) is 30.3 Å². The molecule has 2 heterocycles. The molecule has 28 heavy (non-hydrogen) atoms. The van der Waals surface area contributed by atoms with Crippen molar-refractivity contribution < 1.29 is 14.9 Å². The topological polar surface area (TPSA) is 101 Å². The van der Waals surface area contributed by atoms with E-state index in [-0.39, 0.29) is 17.3 Å². The standard InChI is InChI=1S/C16H17N3O2.C6H12O/c1-9-2-3-10(12(20)6-9)14-11-7-21-8-16(4-5-16)13(11)15(17)19-18-14;7-6-4-2-1-3-5-6/h2-3,6,20H,4-5,7-8H2,1H3,(H2,17,19);6-7H,1-5H2. The zero-order valence-corrected chi connectivity index (χ0v) is 16.4. The van der Waals surface area contributed by atoms with Crippen LogP contribution in [0.2, 0.25) is 0 Å². The molecule has 0 unspecified atom stereocenters. The summed E-state index contributed by atoms with van der Waals surface area (Å²) >= 11 is 0. The normalized spacial score (nSPS) is 20.2. The van der Waals surface area contributed by atoms with E-state index >= 15 is 0 Å². The number of aliphatic hydroxyl groups excluding tert-OH is 1. The number of nitrogens with zero attached hydrogens (tertiary/aromatic N) is 2. The molecule has 0 bridgehead atoms. The maximum absolute atomic E-state index is 10.2. The van der Waals surface area contributed by atoms with Crippen LogP contribution in [-0.4, -0.2) is 33.1 Å². The number of aryl methyl sites for hydroxylation is 1. The smallest absolute Gasteiger partial charge is 0.150 e. The van der Waals surface area contributed by atoms with Crippen molar-refractivity contribution in [1.82, 2.24) is 10.2 Å². The maximum Gasteiger partial charge on any atom is 0.150 e. The van der Waals surface area contributed by atoms with E-state index in [2.05, 4.69) is 10.2 Å². The van der Waals surface area contributed by atoms with Gasteiger partial charge in [0.05, 0.1) is 19.3 Å². The Labute approximate surface area is 165 Å². The van der Waals surface area contributed by atoms with Crippen molar-refractivity contribution >= 4 is 5.82 Å². The highest BCUT2D eigenvalue weighted by molar-refractivity contribution is 5.73. The molecule has 6 nitrogen and oxygen atoms in total. The zero-order chi connectivity index (χ0) is 19.7. The fourth-order valence-electron chi connectivity index (χ4n) is 4.32. The fraction of sp³-hybridized carbons (Fsp3) is 0.545. The van der Waals surface area contributed by atoms with Gasteiger partial charge in [0.15, 0.2) is 0 Å². The molecule has 2 aliphatic carbocycles. The average Bonchev–Trinajstić information content (AvgIpc) is 3.44. The lowest BCUT2D eigenvalue weighted by atomic mass is 9.88. The van der Waals surface area contributed by atoms with Gasteiger partial charge < -0.3 is 20.7 Å². The van der Waals surface area contributed by atoms with Gasteiger partial charge in [0.2, 0.25) is 0 Å². The molecular formula is C22H29N3O3. The molecule has 0 saturated heterocycles. The summed E-state index contributed by atoms with van der Waals surface area (Å²) in [4.78, 5) is 0. The molecule has 5 rings (SSSR count). The number of fused-ring (bicyclic) bond motifs is 2. The second kappa shape index (κ2) is 7.68. The lowest BCUT2D eigenvalue weighted by Gasteiger charge is -2.27. The van der Waals surface area contributed by atoms with Crippen molar-refractivity contribution in [3.05, 3.63) is 34.9 Å². The van der Waals surface area contributed by atoms with Crippen LogP contribution in [0.3, 0.4) is 0 Å². The predicted octanol–water partition coefficient (Wildman–Crippen LogP) is 3.61. The Hall–Kier alpha value is -2.18. The molecule has 0 amide bonds. The highest BCUT2D eigenvalue weighted by Crippen LogP contribution is 2.54. The number of rotatable bonds is 1. The van der Waals surface area contributed by atoms with Gasteiger partial charge in [-0.2, -0.15) is 0 Å². The Balaban J connectivity index is 0.000000233. The van der Waals surface area contributed by atoms with E-state index < -0.39 is 0 Å². The Morgan fingerprint density at radius 1 is 1.14 bits per heavy atom. The number of phenols is 1. The Morgan fingerprint density at radius 2 is 1.89 bits per heavy atom. The van der Waals surface area contributed by atoms with Crippen LogP contribution in [0, 0.1) is 6.92 Å². The number of aromatic hydroxyl groups is 1. The predicted molar refractivity (Wildman–Crippen MR) is 108 cm³/mol. The molecular weight excluding hydrogens is 354 g/mol. The summed E-state index contributed by atoms with van der Waals surface area (Å²) in [5.74, 6) is 0.716. The van der Waals surface area contributed by atoms with Crippen molar-refractivity contribution in [3.8, 4) is 17.0 Å². The van der Waals surface area contributed by atoms with Crippen LogP contribution < -0.4 is 5.73 Å². The summed E-state index contributed by atoms with van der Waals surface area (Å²) in [7, 11) is 0. The highest BCUT2D eigenvalue weighted by atomic mass is 16.5. The van der Waals surface area contributed by atoms with E-state index in [4.69, 9.17) is 15.6 Å². The molecule has 3 aliphatic rings. The number of aromatic nitrogens is 2. The summed E-state index contributed by atoms with van der Waals surface area (Å²) in [5.41, 5.74) is 10.5. The first-order chi connectivity index (χ1) is 13.5.